The molecule has 0 N–H and O–H groups in total. The van der Waals surface area contributed by atoms with E-state index >= 15 is 0 Å². The fourth-order valence-electron chi connectivity index (χ4n) is 3.33. The Morgan fingerprint density at radius 3 is 2.85 bits per heavy atom. The SMILES string of the molecule is CC1(C)CCCC2CCC(=O)CC21. The third kappa shape index (κ3) is 1.66. The maximum atomic E-state index is 11.4. The third-order valence-corrected chi connectivity index (χ3v) is 4.21. The number of ketones is 1. The Hall–Kier alpha value is -0.330. The van der Waals surface area contributed by atoms with Crippen molar-refractivity contribution < 1.29 is 4.79 Å². The van der Waals surface area contributed by atoms with Crippen LogP contribution < -0.4 is 0 Å². The molecule has 0 radical (unpaired) electrons. The molecule has 0 aliphatic heterocycles. The van der Waals surface area contributed by atoms with Crippen LogP contribution in [-0.2, 0) is 4.79 Å². The predicted octanol–water partition coefficient (Wildman–Crippen LogP) is 3.18. The summed E-state index contributed by atoms with van der Waals surface area (Å²) in [6.07, 6.45) is 6.98. The lowest BCUT2D eigenvalue weighted by atomic mass is 9.59. The zero-order valence-corrected chi connectivity index (χ0v) is 8.81. The molecule has 0 spiro atoms. The van der Waals surface area contributed by atoms with Gasteiger partial charge in [0.25, 0.3) is 0 Å². The van der Waals surface area contributed by atoms with Gasteiger partial charge in [-0.3, -0.25) is 4.79 Å². The summed E-state index contributed by atoms with van der Waals surface area (Å²) in [7, 11) is 0. The average molecular weight is 180 g/mol. The second kappa shape index (κ2) is 3.11. The van der Waals surface area contributed by atoms with Gasteiger partial charge in [0.15, 0.2) is 0 Å². The first-order valence-corrected chi connectivity index (χ1v) is 5.61. The molecule has 2 atom stereocenters. The molecule has 1 nitrogen and oxygen atoms in total. The molecule has 0 bridgehead atoms. The van der Waals surface area contributed by atoms with Crippen LogP contribution in [-0.4, -0.2) is 5.78 Å². The van der Waals surface area contributed by atoms with Gasteiger partial charge in [0.05, 0.1) is 0 Å². The molecule has 0 aromatic heterocycles. The summed E-state index contributed by atoms with van der Waals surface area (Å²) in [4.78, 5) is 11.4. The molecule has 0 amide bonds. The molecule has 2 unspecified atom stereocenters. The number of fused-ring (bicyclic) bond motifs is 1. The van der Waals surface area contributed by atoms with Crippen LogP contribution in [0.25, 0.3) is 0 Å². The lowest BCUT2D eigenvalue weighted by Crippen LogP contribution is -2.39. The predicted molar refractivity (Wildman–Crippen MR) is 53.5 cm³/mol. The van der Waals surface area contributed by atoms with Crippen molar-refractivity contribution >= 4 is 5.78 Å². The van der Waals surface area contributed by atoms with E-state index in [4.69, 9.17) is 0 Å². The molecule has 13 heavy (non-hydrogen) atoms. The van der Waals surface area contributed by atoms with Gasteiger partial charge in [0, 0.05) is 12.8 Å². The van der Waals surface area contributed by atoms with E-state index in [9.17, 15) is 4.79 Å². The molecule has 0 heterocycles. The van der Waals surface area contributed by atoms with Gasteiger partial charge in [-0.2, -0.15) is 0 Å². The molecule has 0 saturated heterocycles. The van der Waals surface area contributed by atoms with Gasteiger partial charge < -0.3 is 0 Å². The van der Waals surface area contributed by atoms with Gasteiger partial charge in [-0.1, -0.05) is 26.7 Å². The van der Waals surface area contributed by atoms with Gasteiger partial charge in [-0.25, -0.2) is 0 Å². The molecule has 0 aromatic carbocycles. The summed E-state index contributed by atoms with van der Waals surface area (Å²) < 4.78 is 0. The number of Topliss-reactive ketones (excluding diaryl/α,β-unsaturated/α-hetero) is 1. The lowest BCUT2D eigenvalue weighted by Gasteiger charge is -2.46. The minimum absolute atomic E-state index is 0.430. The maximum Gasteiger partial charge on any atom is 0.133 e. The zero-order valence-electron chi connectivity index (χ0n) is 8.81. The molecule has 0 aromatic rings. The van der Waals surface area contributed by atoms with Gasteiger partial charge in [0.2, 0.25) is 0 Å². The average Bonchev–Trinajstić information content (AvgIpc) is 2.06. The van der Waals surface area contributed by atoms with Crippen molar-refractivity contribution in [1.82, 2.24) is 0 Å². The van der Waals surface area contributed by atoms with Crippen LogP contribution in [0.15, 0.2) is 0 Å². The smallest absolute Gasteiger partial charge is 0.133 e. The Balaban J connectivity index is 2.14. The van der Waals surface area contributed by atoms with Crippen molar-refractivity contribution in [3.8, 4) is 0 Å². The van der Waals surface area contributed by atoms with Crippen molar-refractivity contribution in [2.24, 2.45) is 17.3 Å². The second-order valence-electron chi connectivity index (χ2n) is 5.53. The number of hydrogen-bond acceptors (Lipinski definition) is 1. The van der Waals surface area contributed by atoms with Crippen LogP contribution in [0.4, 0.5) is 0 Å². The minimum atomic E-state index is 0.430. The van der Waals surface area contributed by atoms with E-state index in [1.807, 2.05) is 0 Å². The number of carbonyl (C=O) groups is 1. The van der Waals surface area contributed by atoms with Crippen molar-refractivity contribution in [3.05, 3.63) is 0 Å². The molecular formula is C12H20O. The Bertz CT molecular complexity index is 217. The first-order chi connectivity index (χ1) is 6.09. The summed E-state index contributed by atoms with van der Waals surface area (Å²) in [5, 5.41) is 0. The van der Waals surface area contributed by atoms with E-state index < -0.39 is 0 Å². The van der Waals surface area contributed by atoms with Crippen LogP contribution in [0.2, 0.25) is 0 Å². The first kappa shape index (κ1) is 9.23. The van der Waals surface area contributed by atoms with E-state index in [1.54, 1.807) is 0 Å². The van der Waals surface area contributed by atoms with Crippen molar-refractivity contribution in [2.45, 2.75) is 52.4 Å². The van der Waals surface area contributed by atoms with Crippen molar-refractivity contribution in [3.63, 3.8) is 0 Å². The Morgan fingerprint density at radius 2 is 2.08 bits per heavy atom. The summed E-state index contributed by atoms with van der Waals surface area (Å²) >= 11 is 0. The van der Waals surface area contributed by atoms with Gasteiger partial charge >= 0.3 is 0 Å². The fourth-order valence-corrected chi connectivity index (χ4v) is 3.33. The van der Waals surface area contributed by atoms with Crippen LogP contribution in [0.5, 0.6) is 0 Å². The maximum absolute atomic E-state index is 11.4. The number of carbonyl (C=O) groups excluding carboxylic acids is 1. The second-order valence-corrected chi connectivity index (χ2v) is 5.53. The third-order valence-electron chi connectivity index (χ3n) is 4.21. The standard InChI is InChI=1S/C12H20O/c1-12(2)7-3-4-9-5-6-10(13)8-11(9)12/h9,11H,3-8H2,1-2H3. The Kier molecular flexibility index (Phi) is 2.21. The van der Waals surface area contributed by atoms with E-state index in [-0.39, 0.29) is 0 Å². The highest BCUT2D eigenvalue weighted by Crippen LogP contribution is 2.49. The summed E-state index contributed by atoms with van der Waals surface area (Å²) in [5.74, 6) is 2.07. The highest BCUT2D eigenvalue weighted by molar-refractivity contribution is 5.79. The number of rotatable bonds is 0. The fraction of sp³-hybridized carbons (Fsp3) is 0.917. The van der Waals surface area contributed by atoms with Crippen molar-refractivity contribution in [1.29, 1.82) is 0 Å². The minimum Gasteiger partial charge on any atom is -0.300 e. The first-order valence-electron chi connectivity index (χ1n) is 5.61. The normalized spacial score (nSPS) is 38.5. The monoisotopic (exact) mass is 180 g/mol. The van der Waals surface area contributed by atoms with Gasteiger partial charge in [-0.15, -0.1) is 0 Å². The number of hydrogen-bond donors (Lipinski definition) is 0. The lowest BCUT2D eigenvalue weighted by molar-refractivity contribution is -0.126. The molecule has 2 rings (SSSR count). The molecule has 2 fully saturated rings. The van der Waals surface area contributed by atoms with E-state index in [0.717, 1.165) is 18.8 Å². The highest BCUT2D eigenvalue weighted by atomic mass is 16.1. The van der Waals surface area contributed by atoms with E-state index in [0.29, 0.717) is 17.1 Å². The van der Waals surface area contributed by atoms with Crippen LogP contribution in [0.1, 0.15) is 52.4 Å². The quantitative estimate of drug-likeness (QED) is 0.559. The molecule has 2 aliphatic rings. The largest absolute Gasteiger partial charge is 0.300 e. The van der Waals surface area contributed by atoms with Crippen LogP contribution >= 0.6 is 0 Å². The van der Waals surface area contributed by atoms with Crippen molar-refractivity contribution in [2.75, 3.05) is 0 Å². The van der Waals surface area contributed by atoms with E-state index in [1.165, 1.54) is 25.7 Å². The molecular weight excluding hydrogens is 160 g/mol. The molecule has 74 valence electrons. The van der Waals surface area contributed by atoms with Gasteiger partial charge in [0.1, 0.15) is 5.78 Å². The topological polar surface area (TPSA) is 17.1 Å². The van der Waals surface area contributed by atoms with E-state index in [2.05, 4.69) is 13.8 Å². The Morgan fingerprint density at radius 1 is 1.31 bits per heavy atom. The van der Waals surface area contributed by atoms with Gasteiger partial charge in [-0.05, 0) is 30.1 Å². The van der Waals surface area contributed by atoms with Crippen LogP contribution in [0.3, 0.4) is 0 Å². The summed E-state index contributed by atoms with van der Waals surface area (Å²) in [5.41, 5.74) is 0.430. The molecule has 2 saturated carbocycles. The Labute approximate surface area is 80.9 Å². The highest BCUT2D eigenvalue weighted by Gasteiger charge is 2.41. The molecule has 1 heteroatoms. The zero-order chi connectivity index (χ0) is 9.47. The van der Waals surface area contributed by atoms with Crippen LogP contribution in [0, 0.1) is 17.3 Å². The summed E-state index contributed by atoms with van der Waals surface area (Å²) in [6.45, 7) is 4.70. The summed E-state index contributed by atoms with van der Waals surface area (Å²) in [6, 6.07) is 0. The molecule has 2 aliphatic carbocycles.